The molecule has 0 fully saturated rings. The molecule has 0 saturated carbocycles. The van der Waals surface area contributed by atoms with Crippen LogP contribution in [0, 0.1) is 5.41 Å². The molecular weight excluding hydrogens is 509 g/mol. The highest BCUT2D eigenvalue weighted by Crippen LogP contribution is 2.48. The highest BCUT2D eigenvalue weighted by molar-refractivity contribution is 8.03. The summed E-state index contributed by atoms with van der Waals surface area (Å²) in [6.07, 6.45) is 9.26. The van der Waals surface area contributed by atoms with Crippen LogP contribution in [0.25, 0.3) is 16.3 Å². The smallest absolute Gasteiger partial charge is 0.264 e. The van der Waals surface area contributed by atoms with Gasteiger partial charge in [0.1, 0.15) is 11.7 Å². The van der Waals surface area contributed by atoms with Crippen LogP contribution < -0.4 is 9.47 Å². The van der Waals surface area contributed by atoms with Gasteiger partial charge in [0.2, 0.25) is 5.52 Å². The molecule has 1 aromatic heterocycles. The molecule has 1 aliphatic carbocycles. The Labute approximate surface area is 221 Å². The SMILES string of the molecule is C[n+]1c(C=C2C=C(C=C3Sc4ccccc4N3CCCS(=O)(=O)O)CC(C)(C)C2)sc2ccccc21. The Hall–Kier alpha value is -2.39. The zero-order chi connectivity index (χ0) is 25.5. The Morgan fingerprint density at radius 1 is 1.08 bits per heavy atom. The molecule has 5 rings (SSSR count). The second-order valence-electron chi connectivity index (χ2n) is 10.3. The summed E-state index contributed by atoms with van der Waals surface area (Å²) < 4.78 is 35.3. The van der Waals surface area contributed by atoms with E-state index in [1.165, 1.54) is 31.3 Å². The molecule has 0 amide bonds. The van der Waals surface area contributed by atoms with Gasteiger partial charge in [0.05, 0.1) is 16.5 Å². The van der Waals surface area contributed by atoms with Crippen LogP contribution in [-0.4, -0.2) is 25.3 Å². The van der Waals surface area contributed by atoms with Crippen molar-refractivity contribution in [3.05, 3.63) is 81.9 Å². The van der Waals surface area contributed by atoms with Crippen molar-refractivity contribution < 1.29 is 17.5 Å². The zero-order valence-electron chi connectivity index (χ0n) is 20.8. The van der Waals surface area contributed by atoms with Crippen molar-refractivity contribution in [3.63, 3.8) is 0 Å². The van der Waals surface area contributed by atoms with Gasteiger partial charge in [0.25, 0.3) is 15.1 Å². The minimum absolute atomic E-state index is 0.133. The van der Waals surface area contributed by atoms with Crippen molar-refractivity contribution in [2.24, 2.45) is 12.5 Å². The van der Waals surface area contributed by atoms with E-state index in [1.54, 1.807) is 11.8 Å². The molecule has 0 saturated heterocycles. The zero-order valence-corrected chi connectivity index (χ0v) is 23.2. The number of fused-ring (bicyclic) bond motifs is 2. The fourth-order valence-electron chi connectivity index (χ4n) is 5.05. The first-order valence-electron chi connectivity index (χ1n) is 12.1. The van der Waals surface area contributed by atoms with Crippen molar-refractivity contribution >= 4 is 55.2 Å². The van der Waals surface area contributed by atoms with E-state index in [0.29, 0.717) is 13.0 Å². The summed E-state index contributed by atoms with van der Waals surface area (Å²) in [4.78, 5) is 3.35. The maximum atomic E-state index is 11.3. The minimum Gasteiger partial charge on any atom is -0.335 e. The molecule has 2 heterocycles. The molecule has 0 atom stereocenters. The van der Waals surface area contributed by atoms with Gasteiger partial charge in [0.15, 0.2) is 0 Å². The van der Waals surface area contributed by atoms with Crippen molar-refractivity contribution in [2.45, 2.75) is 38.0 Å². The number of nitrogens with zero attached hydrogens (tertiary/aromatic N) is 2. The fourth-order valence-corrected chi connectivity index (χ4v) is 7.84. The van der Waals surface area contributed by atoms with E-state index in [2.05, 4.69) is 85.0 Å². The first kappa shape index (κ1) is 25.3. The summed E-state index contributed by atoms with van der Waals surface area (Å²) in [6.45, 7) is 5.17. The third-order valence-corrected chi connectivity index (χ3v) is 9.63. The van der Waals surface area contributed by atoms with Gasteiger partial charge in [-0.1, -0.05) is 67.3 Å². The summed E-state index contributed by atoms with van der Waals surface area (Å²) in [5, 5.41) is 2.34. The van der Waals surface area contributed by atoms with Gasteiger partial charge in [0, 0.05) is 23.6 Å². The molecule has 0 bridgehead atoms. The Bertz CT molecular complexity index is 1510. The standard InChI is InChI=1S/C28H30N2O3S3/c1-28(2)18-20(16-26-29(3)22-9-4-6-11-24(22)34-26)15-21(19-28)17-27-30(13-8-14-36(31,32)33)23-10-5-7-12-25(23)35-27/h4-7,9-12,15-17H,8,13-14,18-19H2,1-3H3/p+1. The molecule has 3 aromatic rings. The van der Waals surface area contributed by atoms with E-state index in [1.807, 2.05) is 23.5 Å². The van der Waals surface area contributed by atoms with Crippen LogP contribution in [0.2, 0.25) is 0 Å². The molecule has 2 aromatic carbocycles. The van der Waals surface area contributed by atoms with Gasteiger partial charge in [-0.3, -0.25) is 4.55 Å². The topological polar surface area (TPSA) is 61.5 Å². The fraction of sp³-hybridized carbons (Fsp3) is 0.321. The van der Waals surface area contributed by atoms with Crippen LogP contribution in [0.5, 0.6) is 0 Å². The second kappa shape index (κ2) is 9.82. The number of thiazole rings is 1. The number of hydrogen-bond acceptors (Lipinski definition) is 5. The number of benzene rings is 2. The van der Waals surface area contributed by atoms with Gasteiger partial charge in [-0.25, -0.2) is 0 Å². The van der Waals surface area contributed by atoms with Crippen molar-refractivity contribution in [3.8, 4) is 0 Å². The second-order valence-corrected chi connectivity index (χ2v) is 14.0. The van der Waals surface area contributed by atoms with Gasteiger partial charge < -0.3 is 4.90 Å². The lowest BCUT2D eigenvalue weighted by Crippen LogP contribution is -2.29. The van der Waals surface area contributed by atoms with Gasteiger partial charge in [-0.05, 0) is 60.1 Å². The third-order valence-electron chi connectivity index (χ3n) is 6.55. The quantitative estimate of drug-likeness (QED) is 0.283. The Morgan fingerprint density at radius 2 is 1.83 bits per heavy atom. The normalized spacial score (nSPS) is 19.8. The number of allylic oxidation sites excluding steroid dienone is 4. The molecule has 0 spiro atoms. The number of anilines is 1. The summed E-state index contributed by atoms with van der Waals surface area (Å²) in [5.74, 6) is -0.238. The Balaban J connectivity index is 1.48. The maximum absolute atomic E-state index is 11.3. The lowest BCUT2D eigenvalue weighted by atomic mass is 9.75. The van der Waals surface area contributed by atoms with E-state index < -0.39 is 10.1 Å². The van der Waals surface area contributed by atoms with Crippen molar-refractivity contribution in [1.82, 2.24) is 0 Å². The lowest BCUT2D eigenvalue weighted by molar-refractivity contribution is -0.642. The highest BCUT2D eigenvalue weighted by Gasteiger charge is 2.29. The van der Waals surface area contributed by atoms with Crippen LogP contribution in [-0.2, 0) is 17.2 Å². The third kappa shape index (κ3) is 5.62. The number of hydrogen-bond donors (Lipinski definition) is 1. The van der Waals surface area contributed by atoms with Crippen LogP contribution >= 0.6 is 23.1 Å². The first-order valence-corrected chi connectivity index (χ1v) is 15.3. The van der Waals surface area contributed by atoms with Crippen LogP contribution in [0.4, 0.5) is 5.69 Å². The largest absolute Gasteiger partial charge is 0.335 e. The van der Waals surface area contributed by atoms with Crippen LogP contribution in [0.1, 0.15) is 38.1 Å². The van der Waals surface area contributed by atoms with Crippen LogP contribution in [0.3, 0.4) is 0 Å². The van der Waals surface area contributed by atoms with E-state index in [9.17, 15) is 13.0 Å². The number of thioether (sulfide) groups is 1. The summed E-state index contributed by atoms with van der Waals surface area (Å²) in [7, 11) is -1.85. The average Bonchev–Trinajstić information content (AvgIpc) is 3.29. The predicted octanol–water partition coefficient (Wildman–Crippen LogP) is 6.59. The van der Waals surface area contributed by atoms with Gasteiger partial charge in [-0.2, -0.15) is 13.0 Å². The molecular formula is C28H31N2O3S3+. The van der Waals surface area contributed by atoms with E-state index >= 15 is 0 Å². The summed E-state index contributed by atoms with van der Waals surface area (Å²) in [6, 6.07) is 16.7. The molecule has 2 aliphatic rings. The first-order chi connectivity index (χ1) is 17.1. The molecule has 0 unspecified atom stereocenters. The molecule has 5 nitrogen and oxygen atoms in total. The van der Waals surface area contributed by atoms with Crippen molar-refractivity contribution in [1.29, 1.82) is 0 Å². The number of rotatable bonds is 6. The minimum atomic E-state index is -3.98. The molecule has 0 radical (unpaired) electrons. The Kier molecular flexibility index (Phi) is 6.89. The van der Waals surface area contributed by atoms with E-state index in [-0.39, 0.29) is 11.2 Å². The highest BCUT2D eigenvalue weighted by atomic mass is 32.2. The molecule has 36 heavy (non-hydrogen) atoms. The number of para-hydroxylation sites is 2. The van der Waals surface area contributed by atoms with Gasteiger partial charge >= 0.3 is 0 Å². The molecule has 1 N–H and O–H groups in total. The van der Waals surface area contributed by atoms with Crippen molar-refractivity contribution in [2.75, 3.05) is 17.2 Å². The maximum Gasteiger partial charge on any atom is 0.264 e. The summed E-state index contributed by atoms with van der Waals surface area (Å²) >= 11 is 3.53. The predicted molar refractivity (Wildman–Crippen MR) is 151 cm³/mol. The lowest BCUT2D eigenvalue weighted by Gasteiger charge is -2.31. The summed E-state index contributed by atoms with van der Waals surface area (Å²) in [5.41, 5.74) is 5.06. The average molecular weight is 540 g/mol. The van der Waals surface area contributed by atoms with E-state index in [4.69, 9.17) is 0 Å². The molecule has 188 valence electrons. The molecule has 1 aliphatic heterocycles. The number of aryl methyl sites for hydroxylation is 1. The number of aromatic nitrogens is 1. The Morgan fingerprint density at radius 3 is 2.61 bits per heavy atom. The van der Waals surface area contributed by atoms with Crippen LogP contribution in [0.15, 0.2) is 81.8 Å². The van der Waals surface area contributed by atoms with Gasteiger partial charge in [-0.15, -0.1) is 0 Å². The van der Waals surface area contributed by atoms with E-state index in [0.717, 1.165) is 23.6 Å². The molecule has 8 heteroatoms. The monoisotopic (exact) mass is 539 g/mol.